The number of carbonyl (C=O) groups is 1. The summed E-state index contributed by atoms with van der Waals surface area (Å²) in [6.07, 6.45) is 3.40. The number of nitrogens with zero attached hydrogens (tertiary/aromatic N) is 2. The van der Waals surface area contributed by atoms with Gasteiger partial charge in [0.2, 0.25) is 5.91 Å². The Labute approximate surface area is 118 Å². The molecule has 1 aromatic heterocycles. The second-order valence-electron chi connectivity index (χ2n) is 5.09. The Morgan fingerprint density at radius 3 is 2.58 bits per heavy atom. The second kappa shape index (κ2) is 6.42. The summed E-state index contributed by atoms with van der Waals surface area (Å²) in [7, 11) is 0. The summed E-state index contributed by atoms with van der Waals surface area (Å²) in [5.74, 6) is 0.472. The third-order valence-electron chi connectivity index (χ3n) is 2.09. The lowest BCUT2D eigenvalue weighted by Gasteiger charge is -2.20. The highest BCUT2D eigenvalue weighted by Crippen LogP contribution is 2.08. The SMILES string of the molecule is CC(C)(C)NC(=O)CCNc1nccnc1C(N)=S. The maximum Gasteiger partial charge on any atom is 0.222 e. The first-order valence-electron chi connectivity index (χ1n) is 5.95. The van der Waals surface area contributed by atoms with Crippen molar-refractivity contribution in [2.75, 3.05) is 11.9 Å². The number of carbonyl (C=O) groups excluding carboxylic acids is 1. The average Bonchev–Trinajstić information content (AvgIpc) is 2.27. The van der Waals surface area contributed by atoms with Crippen LogP contribution in [0.25, 0.3) is 0 Å². The number of hydrogen-bond donors (Lipinski definition) is 3. The number of aromatic nitrogens is 2. The summed E-state index contributed by atoms with van der Waals surface area (Å²) in [6, 6.07) is 0. The number of thiocarbonyl (C=S) groups is 1. The molecule has 0 fully saturated rings. The number of nitrogens with two attached hydrogens (primary N) is 1. The fraction of sp³-hybridized carbons (Fsp3) is 0.500. The first-order valence-corrected chi connectivity index (χ1v) is 6.36. The van der Waals surface area contributed by atoms with Gasteiger partial charge < -0.3 is 16.4 Å². The van der Waals surface area contributed by atoms with Gasteiger partial charge in [0.1, 0.15) is 10.7 Å². The van der Waals surface area contributed by atoms with E-state index >= 15 is 0 Å². The maximum atomic E-state index is 11.6. The molecule has 0 aliphatic heterocycles. The van der Waals surface area contributed by atoms with Crippen LogP contribution in [0, 0.1) is 0 Å². The minimum Gasteiger partial charge on any atom is -0.388 e. The number of hydrogen-bond acceptors (Lipinski definition) is 5. The first kappa shape index (κ1) is 15.3. The summed E-state index contributed by atoms with van der Waals surface area (Å²) in [4.78, 5) is 19.9. The summed E-state index contributed by atoms with van der Waals surface area (Å²) in [5, 5.41) is 5.89. The molecule has 1 amide bonds. The summed E-state index contributed by atoms with van der Waals surface area (Å²) < 4.78 is 0. The van der Waals surface area contributed by atoms with Crippen LogP contribution in [0.5, 0.6) is 0 Å². The Balaban J connectivity index is 2.50. The van der Waals surface area contributed by atoms with E-state index in [4.69, 9.17) is 18.0 Å². The van der Waals surface area contributed by atoms with Crippen LogP contribution in [0.4, 0.5) is 5.82 Å². The molecule has 0 unspecified atom stereocenters. The van der Waals surface area contributed by atoms with Crippen LogP contribution in [0.3, 0.4) is 0 Å². The quantitative estimate of drug-likeness (QED) is 0.692. The van der Waals surface area contributed by atoms with Crippen molar-refractivity contribution in [3.8, 4) is 0 Å². The molecule has 0 bridgehead atoms. The van der Waals surface area contributed by atoms with Gasteiger partial charge in [0, 0.05) is 30.9 Å². The molecule has 0 radical (unpaired) electrons. The predicted molar refractivity (Wildman–Crippen MR) is 78.9 cm³/mol. The highest BCUT2D eigenvalue weighted by Gasteiger charge is 2.13. The Hall–Kier alpha value is -1.76. The lowest BCUT2D eigenvalue weighted by molar-refractivity contribution is -0.122. The lowest BCUT2D eigenvalue weighted by Crippen LogP contribution is -2.41. The number of rotatable bonds is 5. The predicted octanol–water partition coefficient (Wildman–Crippen LogP) is 0.827. The molecule has 7 heteroatoms. The van der Waals surface area contributed by atoms with Gasteiger partial charge >= 0.3 is 0 Å². The van der Waals surface area contributed by atoms with Crippen molar-refractivity contribution in [3.63, 3.8) is 0 Å². The van der Waals surface area contributed by atoms with E-state index in [0.29, 0.717) is 24.5 Å². The summed E-state index contributed by atoms with van der Waals surface area (Å²) in [6.45, 7) is 6.25. The Bertz CT molecular complexity index is 469. The Kier molecular flexibility index (Phi) is 5.17. The molecule has 0 aliphatic carbocycles. The Morgan fingerprint density at radius 2 is 2.00 bits per heavy atom. The average molecular weight is 281 g/mol. The molecule has 1 rings (SSSR count). The molecule has 104 valence electrons. The van der Waals surface area contributed by atoms with Gasteiger partial charge in [-0.05, 0) is 20.8 Å². The van der Waals surface area contributed by atoms with E-state index in [1.165, 1.54) is 6.20 Å². The van der Waals surface area contributed by atoms with Crippen LogP contribution >= 0.6 is 12.2 Å². The van der Waals surface area contributed by atoms with Crippen LogP contribution in [-0.2, 0) is 4.79 Å². The Morgan fingerprint density at radius 1 is 1.37 bits per heavy atom. The molecule has 19 heavy (non-hydrogen) atoms. The molecule has 0 aliphatic rings. The third kappa shape index (κ3) is 5.60. The van der Waals surface area contributed by atoms with Gasteiger partial charge in [0.15, 0.2) is 5.82 Å². The maximum absolute atomic E-state index is 11.6. The van der Waals surface area contributed by atoms with Crippen LogP contribution in [-0.4, -0.2) is 32.9 Å². The van der Waals surface area contributed by atoms with Gasteiger partial charge in [-0.2, -0.15) is 0 Å². The second-order valence-corrected chi connectivity index (χ2v) is 5.53. The fourth-order valence-electron chi connectivity index (χ4n) is 1.42. The molecule has 0 saturated heterocycles. The van der Waals surface area contributed by atoms with Gasteiger partial charge in [-0.15, -0.1) is 0 Å². The van der Waals surface area contributed by atoms with Crippen LogP contribution in [0.15, 0.2) is 12.4 Å². The van der Waals surface area contributed by atoms with E-state index in [1.54, 1.807) is 6.20 Å². The number of amides is 1. The molecular formula is C12H19N5OS. The van der Waals surface area contributed by atoms with E-state index in [0.717, 1.165) is 0 Å². The van der Waals surface area contributed by atoms with E-state index in [9.17, 15) is 4.79 Å². The summed E-state index contributed by atoms with van der Waals surface area (Å²) in [5.41, 5.74) is 5.75. The molecule has 6 nitrogen and oxygen atoms in total. The van der Waals surface area contributed by atoms with Crippen molar-refractivity contribution in [3.05, 3.63) is 18.1 Å². The molecule has 1 aromatic rings. The van der Waals surface area contributed by atoms with E-state index < -0.39 is 0 Å². The van der Waals surface area contributed by atoms with Crippen LogP contribution in [0.1, 0.15) is 32.9 Å². The van der Waals surface area contributed by atoms with Crippen LogP contribution in [0.2, 0.25) is 0 Å². The molecule has 1 heterocycles. The van der Waals surface area contributed by atoms with Gasteiger partial charge in [0.25, 0.3) is 0 Å². The summed E-state index contributed by atoms with van der Waals surface area (Å²) >= 11 is 4.88. The van der Waals surface area contributed by atoms with Crippen molar-refractivity contribution < 1.29 is 4.79 Å². The van der Waals surface area contributed by atoms with E-state index in [-0.39, 0.29) is 16.4 Å². The van der Waals surface area contributed by atoms with Crippen molar-refractivity contribution in [1.82, 2.24) is 15.3 Å². The monoisotopic (exact) mass is 281 g/mol. The van der Waals surface area contributed by atoms with Crippen molar-refractivity contribution in [1.29, 1.82) is 0 Å². The standard InChI is InChI=1S/C12H19N5OS/c1-12(2,3)17-8(18)4-5-15-11-9(10(13)19)14-6-7-16-11/h6-7H,4-5H2,1-3H3,(H2,13,19)(H,15,16)(H,17,18). The number of nitrogens with one attached hydrogen (secondary N) is 2. The highest BCUT2D eigenvalue weighted by molar-refractivity contribution is 7.80. The molecule has 4 N–H and O–H groups in total. The minimum atomic E-state index is -0.229. The van der Waals surface area contributed by atoms with E-state index in [1.807, 2.05) is 20.8 Å². The normalized spacial score (nSPS) is 10.9. The van der Waals surface area contributed by atoms with Crippen molar-refractivity contribution >= 4 is 28.9 Å². The van der Waals surface area contributed by atoms with Crippen LogP contribution < -0.4 is 16.4 Å². The van der Waals surface area contributed by atoms with Gasteiger partial charge in [0.05, 0.1) is 0 Å². The first-order chi connectivity index (χ1) is 8.79. The van der Waals surface area contributed by atoms with Crippen molar-refractivity contribution in [2.45, 2.75) is 32.7 Å². The largest absolute Gasteiger partial charge is 0.388 e. The molecular weight excluding hydrogens is 262 g/mol. The molecule has 0 atom stereocenters. The third-order valence-corrected chi connectivity index (χ3v) is 2.28. The zero-order chi connectivity index (χ0) is 14.5. The van der Waals surface area contributed by atoms with Gasteiger partial charge in [-0.25, -0.2) is 9.97 Å². The van der Waals surface area contributed by atoms with Gasteiger partial charge in [-0.1, -0.05) is 12.2 Å². The lowest BCUT2D eigenvalue weighted by atomic mass is 10.1. The smallest absolute Gasteiger partial charge is 0.222 e. The molecule has 0 saturated carbocycles. The zero-order valence-corrected chi connectivity index (χ0v) is 12.2. The topological polar surface area (TPSA) is 92.9 Å². The van der Waals surface area contributed by atoms with Gasteiger partial charge in [-0.3, -0.25) is 4.79 Å². The molecule has 0 aromatic carbocycles. The number of anilines is 1. The minimum absolute atomic E-state index is 0.0271. The molecule has 0 spiro atoms. The fourth-order valence-corrected chi connectivity index (χ4v) is 1.57. The zero-order valence-electron chi connectivity index (χ0n) is 11.4. The highest BCUT2D eigenvalue weighted by atomic mass is 32.1. The van der Waals surface area contributed by atoms with E-state index in [2.05, 4.69) is 20.6 Å². The van der Waals surface area contributed by atoms with Crippen molar-refractivity contribution in [2.24, 2.45) is 5.73 Å².